The van der Waals surface area contributed by atoms with Crippen molar-refractivity contribution < 1.29 is 14.3 Å². The Morgan fingerprint density at radius 3 is 2.21 bits per heavy atom. The van der Waals surface area contributed by atoms with Gasteiger partial charge in [-0.1, -0.05) is 17.7 Å². The fraction of sp³-hybridized carbons (Fsp3) is 0.182. The lowest BCUT2D eigenvalue weighted by molar-refractivity contribution is 0.0600. The normalized spacial score (nSPS) is 10.3. The minimum Gasteiger partial charge on any atom is -0.465 e. The van der Waals surface area contributed by atoms with Crippen molar-refractivity contribution in [2.75, 3.05) is 17.7 Å². The Bertz CT molecular complexity index is 1040. The molecule has 0 atom stereocenters. The second-order valence-corrected chi connectivity index (χ2v) is 6.71. The highest BCUT2D eigenvalue weighted by atomic mass is 16.5. The first kappa shape index (κ1) is 20.0. The first-order valence-electron chi connectivity index (χ1n) is 9.04. The Kier molecular flexibility index (Phi) is 5.87. The Balaban J connectivity index is 1.75. The maximum absolute atomic E-state index is 12.7. The maximum atomic E-state index is 12.7. The maximum Gasteiger partial charge on any atom is 0.337 e. The Labute approximate surface area is 169 Å². The standard InChI is InChI=1S/C22H22N4O3/c1-13-9-14(2)20(15(3)10-13)26-21(27)18-11-19(24-12-23-18)25-17-7-5-16(6-8-17)22(28)29-4/h5-12H,1-4H3,(H,26,27)(H,23,24,25). The van der Waals surface area contributed by atoms with Gasteiger partial charge in [-0.3, -0.25) is 4.79 Å². The van der Waals surface area contributed by atoms with Gasteiger partial charge < -0.3 is 15.4 Å². The summed E-state index contributed by atoms with van der Waals surface area (Å²) in [5, 5.41) is 6.03. The zero-order valence-electron chi connectivity index (χ0n) is 16.7. The number of esters is 1. The molecule has 0 spiro atoms. The third kappa shape index (κ3) is 4.76. The topological polar surface area (TPSA) is 93.2 Å². The number of rotatable bonds is 5. The van der Waals surface area contributed by atoms with Crippen LogP contribution in [0.15, 0.2) is 48.8 Å². The van der Waals surface area contributed by atoms with Crippen LogP contribution in [0.5, 0.6) is 0 Å². The Hall–Kier alpha value is -3.74. The predicted molar refractivity (Wildman–Crippen MR) is 112 cm³/mol. The molecule has 0 aliphatic carbocycles. The Morgan fingerprint density at radius 1 is 0.931 bits per heavy atom. The van der Waals surface area contributed by atoms with E-state index >= 15 is 0 Å². The van der Waals surface area contributed by atoms with Gasteiger partial charge in [-0.15, -0.1) is 0 Å². The van der Waals surface area contributed by atoms with E-state index < -0.39 is 5.97 Å². The number of carbonyl (C=O) groups excluding carboxylic acids is 2. The van der Waals surface area contributed by atoms with Crippen LogP contribution in [0.4, 0.5) is 17.2 Å². The number of amides is 1. The zero-order valence-corrected chi connectivity index (χ0v) is 16.7. The van der Waals surface area contributed by atoms with Crippen molar-refractivity contribution in [2.45, 2.75) is 20.8 Å². The third-order valence-corrected chi connectivity index (χ3v) is 4.39. The highest BCUT2D eigenvalue weighted by molar-refractivity contribution is 6.04. The van der Waals surface area contributed by atoms with Gasteiger partial charge in [0.15, 0.2) is 0 Å². The van der Waals surface area contributed by atoms with Gasteiger partial charge in [-0.2, -0.15) is 0 Å². The van der Waals surface area contributed by atoms with Crippen molar-refractivity contribution in [2.24, 2.45) is 0 Å². The van der Waals surface area contributed by atoms with Crippen LogP contribution in [0.2, 0.25) is 0 Å². The van der Waals surface area contributed by atoms with Crippen molar-refractivity contribution in [3.63, 3.8) is 0 Å². The summed E-state index contributed by atoms with van der Waals surface area (Å²) >= 11 is 0. The second-order valence-electron chi connectivity index (χ2n) is 6.71. The summed E-state index contributed by atoms with van der Waals surface area (Å²) < 4.78 is 4.68. The van der Waals surface area contributed by atoms with E-state index in [9.17, 15) is 9.59 Å². The quantitative estimate of drug-likeness (QED) is 0.635. The van der Waals surface area contributed by atoms with Crippen molar-refractivity contribution in [1.82, 2.24) is 9.97 Å². The van der Waals surface area contributed by atoms with Crippen LogP contribution in [-0.4, -0.2) is 29.0 Å². The SMILES string of the molecule is COC(=O)c1ccc(Nc2cc(C(=O)Nc3c(C)cc(C)cc3C)ncn2)cc1. The zero-order chi connectivity index (χ0) is 21.0. The number of hydrogen-bond donors (Lipinski definition) is 2. The molecule has 0 unspecified atom stereocenters. The van der Waals surface area contributed by atoms with E-state index in [-0.39, 0.29) is 11.6 Å². The molecule has 0 saturated heterocycles. The fourth-order valence-corrected chi connectivity index (χ4v) is 3.06. The van der Waals surface area contributed by atoms with Gasteiger partial charge in [0.05, 0.1) is 12.7 Å². The molecular formula is C22H22N4O3. The highest BCUT2D eigenvalue weighted by Gasteiger charge is 2.13. The van der Waals surface area contributed by atoms with Gasteiger partial charge >= 0.3 is 5.97 Å². The lowest BCUT2D eigenvalue weighted by Crippen LogP contribution is -2.16. The van der Waals surface area contributed by atoms with Gasteiger partial charge in [-0.25, -0.2) is 14.8 Å². The molecule has 1 heterocycles. The van der Waals surface area contributed by atoms with Crippen molar-refractivity contribution in [3.05, 3.63) is 76.7 Å². The summed E-state index contributed by atoms with van der Waals surface area (Å²) in [5.41, 5.74) is 5.32. The summed E-state index contributed by atoms with van der Waals surface area (Å²) in [5.74, 6) is -0.251. The molecule has 0 aliphatic rings. The average molecular weight is 390 g/mol. The number of methoxy groups -OCH3 is 1. The molecule has 148 valence electrons. The number of aryl methyl sites for hydroxylation is 3. The molecule has 29 heavy (non-hydrogen) atoms. The molecular weight excluding hydrogens is 368 g/mol. The predicted octanol–water partition coefficient (Wildman–Crippen LogP) is 4.18. The monoisotopic (exact) mass is 390 g/mol. The number of ether oxygens (including phenoxy) is 1. The van der Waals surface area contributed by atoms with E-state index in [1.54, 1.807) is 30.3 Å². The van der Waals surface area contributed by atoms with E-state index in [1.165, 1.54) is 13.4 Å². The van der Waals surface area contributed by atoms with Crippen LogP contribution in [0.25, 0.3) is 0 Å². The van der Waals surface area contributed by atoms with Crippen LogP contribution in [-0.2, 0) is 4.74 Å². The van der Waals surface area contributed by atoms with E-state index in [2.05, 4.69) is 25.3 Å². The first-order chi connectivity index (χ1) is 13.9. The molecule has 3 rings (SSSR count). The van der Waals surface area contributed by atoms with Crippen LogP contribution < -0.4 is 10.6 Å². The minimum absolute atomic E-state index is 0.244. The van der Waals surface area contributed by atoms with Gasteiger partial charge in [0.1, 0.15) is 17.8 Å². The van der Waals surface area contributed by atoms with E-state index in [1.807, 2.05) is 32.9 Å². The van der Waals surface area contributed by atoms with E-state index in [4.69, 9.17) is 0 Å². The second kappa shape index (κ2) is 8.52. The van der Waals surface area contributed by atoms with Gasteiger partial charge in [0.2, 0.25) is 0 Å². The number of benzene rings is 2. The number of anilines is 3. The summed E-state index contributed by atoms with van der Waals surface area (Å²) in [4.78, 5) is 32.4. The Morgan fingerprint density at radius 2 is 1.59 bits per heavy atom. The summed E-state index contributed by atoms with van der Waals surface area (Å²) in [7, 11) is 1.33. The smallest absolute Gasteiger partial charge is 0.337 e. The first-order valence-corrected chi connectivity index (χ1v) is 9.04. The summed E-state index contributed by atoms with van der Waals surface area (Å²) in [6.07, 6.45) is 1.33. The van der Waals surface area contributed by atoms with Crippen molar-refractivity contribution >= 4 is 29.1 Å². The van der Waals surface area contributed by atoms with Crippen LogP contribution in [0, 0.1) is 20.8 Å². The molecule has 0 saturated carbocycles. The molecule has 0 fully saturated rings. The largest absolute Gasteiger partial charge is 0.465 e. The average Bonchev–Trinajstić information content (AvgIpc) is 2.70. The van der Waals surface area contributed by atoms with Crippen molar-refractivity contribution in [3.8, 4) is 0 Å². The van der Waals surface area contributed by atoms with Gasteiger partial charge in [0, 0.05) is 17.4 Å². The lowest BCUT2D eigenvalue weighted by atomic mass is 10.0. The van der Waals surface area contributed by atoms with E-state index in [0.717, 1.165) is 22.4 Å². The molecule has 0 radical (unpaired) electrons. The molecule has 2 N–H and O–H groups in total. The summed E-state index contributed by atoms with van der Waals surface area (Å²) in [6, 6.07) is 12.4. The minimum atomic E-state index is -0.403. The number of aromatic nitrogens is 2. The molecule has 1 amide bonds. The lowest BCUT2D eigenvalue weighted by Gasteiger charge is -2.13. The molecule has 1 aromatic heterocycles. The van der Waals surface area contributed by atoms with Gasteiger partial charge in [0.25, 0.3) is 5.91 Å². The van der Waals surface area contributed by atoms with Crippen LogP contribution in [0.3, 0.4) is 0 Å². The van der Waals surface area contributed by atoms with Crippen molar-refractivity contribution in [1.29, 1.82) is 0 Å². The number of nitrogens with zero attached hydrogens (tertiary/aromatic N) is 2. The number of hydrogen-bond acceptors (Lipinski definition) is 6. The number of carbonyl (C=O) groups is 2. The fourth-order valence-electron chi connectivity index (χ4n) is 3.06. The molecule has 0 aliphatic heterocycles. The van der Waals surface area contributed by atoms with Crippen LogP contribution in [0.1, 0.15) is 37.5 Å². The molecule has 7 nitrogen and oxygen atoms in total. The molecule has 7 heteroatoms. The van der Waals surface area contributed by atoms with Gasteiger partial charge in [-0.05, 0) is 56.2 Å². The number of nitrogens with one attached hydrogen (secondary N) is 2. The molecule has 0 bridgehead atoms. The molecule has 2 aromatic carbocycles. The highest BCUT2D eigenvalue weighted by Crippen LogP contribution is 2.23. The van der Waals surface area contributed by atoms with E-state index in [0.29, 0.717) is 17.1 Å². The summed E-state index contributed by atoms with van der Waals surface area (Å²) in [6.45, 7) is 5.94. The third-order valence-electron chi connectivity index (χ3n) is 4.39. The van der Waals surface area contributed by atoms with Crippen LogP contribution >= 0.6 is 0 Å². The molecule has 3 aromatic rings.